The standard InChI is InChI=1S/C19H20ClN3O3/c20-15-3-1-14(2-4-15)11-22-19(26)17-10-16(24)12-23(17)18(25)9-13-5-7-21-8-6-13/h1-8,16-17,24H,9-12H2,(H,22,26). The van der Waals surface area contributed by atoms with Gasteiger partial charge in [0.05, 0.1) is 12.5 Å². The SMILES string of the molecule is O=C(NCc1ccc(Cl)cc1)C1CC(O)CN1C(=O)Cc1ccncc1. The molecule has 136 valence electrons. The number of carbonyl (C=O) groups is 2. The Balaban J connectivity index is 1.61. The second kappa shape index (κ2) is 8.29. The highest BCUT2D eigenvalue weighted by molar-refractivity contribution is 6.30. The topological polar surface area (TPSA) is 82.5 Å². The van der Waals surface area contributed by atoms with Crippen LogP contribution in [0.2, 0.25) is 5.02 Å². The summed E-state index contributed by atoms with van der Waals surface area (Å²) >= 11 is 5.85. The van der Waals surface area contributed by atoms with Gasteiger partial charge in [-0.2, -0.15) is 0 Å². The molecule has 0 radical (unpaired) electrons. The third kappa shape index (κ3) is 4.59. The summed E-state index contributed by atoms with van der Waals surface area (Å²) in [5.74, 6) is -0.445. The molecule has 2 atom stereocenters. The van der Waals surface area contributed by atoms with Gasteiger partial charge >= 0.3 is 0 Å². The smallest absolute Gasteiger partial charge is 0.243 e. The first kappa shape index (κ1) is 18.4. The first-order chi connectivity index (χ1) is 12.5. The van der Waals surface area contributed by atoms with Gasteiger partial charge in [0.15, 0.2) is 0 Å². The Morgan fingerprint density at radius 3 is 2.54 bits per heavy atom. The fraction of sp³-hybridized carbons (Fsp3) is 0.316. The zero-order chi connectivity index (χ0) is 18.5. The van der Waals surface area contributed by atoms with Crippen molar-refractivity contribution >= 4 is 23.4 Å². The van der Waals surface area contributed by atoms with E-state index in [1.807, 2.05) is 12.1 Å². The van der Waals surface area contributed by atoms with Crippen LogP contribution in [-0.4, -0.2) is 45.5 Å². The molecule has 1 aliphatic rings. The molecule has 1 aliphatic heterocycles. The maximum atomic E-state index is 12.6. The molecular weight excluding hydrogens is 354 g/mol. The van der Waals surface area contributed by atoms with Crippen molar-refractivity contribution in [1.82, 2.24) is 15.2 Å². The maximum Gasteiger partial charge on any atom is 0.243 e. The minimum Gasteiger partial charge on any atom is -0.391 e. The largest absolute Gasteiger partial charge is 0.391 e. The highest BCUT2D eigenvalue weighted by Crippen LogP contribution is 2.20. The molecule has 0 spiro atoms. The first-order valence-corrected chi connectivity index (χ1v) is 8.79. The number of aliphatic hydroxyl groups is 1. The van der Waals surface area contributed by atoms with Gasteiger partial charge in [-0.15, -0.1) is 0 Å². The number of aliphatic hydroxyl groups excluding tert-OH is 1. The fourth-order valence-corrected chi connectivity index (χ4v) is 3.15. The van der Waals surface area contributed by atoms with Gasteiger partial charge in [0.2, 0.25) is 11.8 Å². The molecule has 7 heteroatoms. The van der Waals surface area contributed by atoms with E-state index >= 15 is 0 Å². The summed E-state index contributed by atoms with van der Waals surface area (Å²) in [6.45, 7) is 0.512. The summed E-state index contributed by atoms with van der Waals surface area (Å²) in [6, 6.07) is 10.0. The van der Waals surface area contributed by atoms with E-state index < -0.39 is 12.1 Å². The average Bonchev–Trinajstić information content (AvgIpc) is 3.04. The van der Waals surface area contributed by atoms with Gasteiger partial charge in [-0.3, -0.25) is 14.6 Å². The number of amides is 2. The molecule has 1 saturated heterocycles. The zero-order valence-electron chi connectivity index (χ0n) is 14.1. The number of rotatable bonds is 5. The van der Waals surface area contributed by atoms with Crippen molar-refractivity contribution in [2.75, 3.05) is 6.54 Å². The van der Waals surface area contributed by atoms with E-state index in [2.05, 4.69) is 10.3 Å². The van der Waals surface area contributed by atoms with E-state index in [0.29, 0.717) is 11.6 Å². The van der Waals surface area contributed by atoms with Crippen molar-refractivity contribution < 1.29 is 14.7 Å². The molecular formula is C19H20ClN3O3. The third-order valence-corrected chi connectivity index (χ3v) is 4.64. The summed E-state index contributed by atoms with van der Waals surface area (Å²) in [7, 11) is 0. The maximum absolute atomic E-state index is 12.6. The molecule has 0 bridgehead atoms. The Hall–Kier alpha value is -2.44. The number of β-amino-alcohol motifs (C(OH)–C–C–N with tert-alkyl or cyclic N) is 1. The summed E-state index contributed by atoms with van der Waals surface area (Å²) < 4.78 is 0. The predicted molar refractivity (Wildman–Crippen MR) is 97.4 cm³/mol. The molecule has 0 aliphatic carbocycles. The van der Waals surface area contributed by atoms with Gasteiger partial charge in [-0.25, -0.2) is 0 Å². The van der Waals surface area contributed by atoms with Crippen LogP contribution in [0, 0.1) is 0 Å². The van der Waals surface area contributed by atoms with E-state index in [-0.39, 0.29) is 31.2 Å². The molecule has 2 unspecified atom stereocenters. The lowest BCUT2D eigenvalue weighted by Crippen LogP contribution is -2.46. The van der Waals surface area contributed by atoms with Crippen molar-refractivity contribution in [1.29, 1.82) is 0 Å². The molecule has 26 heavy (non-hydrogen) atoms. The van der Waals surface area contributed by atoms with Crippen molar-refractivity contribution in [3.8, 4) is 0 Å². The van der Waals surface area contributed by atoms with Crippen LogP contribution < -0.4 is 5.32 Å². The van der Waals surface area contributed by atoms with Crippen LogP contribution in [0.5, 0.6) is 0 Å². The number of hydrogen-bond acceptors (Lipinski definition) is 4. The Labute approximate surface area is 156 Å². The summed E-state index contributed by atoms with van der Waals surface area (Å²) in [6.07, 6.45) is 2.97. The zero-order valence-corrected chi connectivity index (χ0v) is 14.9. The number of likely N-dealkylation sites (tertiary alicyclic amines) is 1. The lowest BCUT2D eigenvalue weighted by Gasteiger charge is -2.23. The summed E-state index contributed by atoms with van der Waals surface area (Å²) in [5, 5.41) is 13.4. The lowest BCUT2D eigenvalue weighted by molar-refractivity contribution is -0.138. The van der Waals surface area contributed by atoms with Crippen LogP contribution in [0.25, 0.3) is 0 Å². The minimum absolute atomic E-state index is 0.170. The van der Waals surface area contributed by atoms with Crippen LogP contribution in [0.15, 0.2) is 48.8 Å². The second-order valence-corrected chi connectivity index (χ2v) is 6.76. The molecule has 2 amide bonds. The van der Waals surface area contributed by atoms with Crippen LogP contribution in [0.1, 0.15) is 17.5 Å². The molecule has 6 nitrogen and oxygen atoms in total. The molecule has 2 heterocycles. The second-order valence-electron chi connectivity index (χ2n) is 6.33. The van der Waals surface area contributed by atoms with Crippen molar-refractivity contribution in [2.45, 2.75) is 31.5 Å². The number of pyridine rings is 1. The normalized spacial score (nSPS) is 19.4. The first-order valence-electron chi connectivity index (χ1n) is 8.41. The van der Waals surface area contributed by atoms with Gasteiger partial charge < -0.3 is 15.3 Å². The molecule has 1 aromatic heterocycles. The Bertz CT molecular complexity index is 767. The van der Waals surface area contributed by atoms with Crippen molar-refractivity contribution in [2.24, 2.45) is 0 Å². The van der Waals surface area contributed by atoms with Gasteiger partial charge in [-0.1, -0.05) is 23.7 Å². The number of carbonyl (C=O) groups excluding carboxylic acids is 2. The number of nitrogens with zero attached hydrogens (tertiary/aromatic N) is 2. The highest BCUT2D eigenvalue weighted by Gasteiger charge is 2.38. The third-order valence-electron chi connectivity index (χ3n) is 4.39. The van der Waals surface area contributed by atoms with Gasteiger partial charge in [0, 0.05) is 36.9 Å². The Kier molecular flexibility index (Phi) is 5.85. The molecule has 2 N–H and O–H groups in total. The predicted octanol–water partition coefficient (Wildman–Crippen LogP) is 1.56. The highest BCUT2D eigenvalue weighted by atomic mass is 35.5. The number of hydrogen-bond donors (Lipinski definition) is 2. The Morgan fingerprint density at radius 1 is 1.15 bits per heavy atom. The quantitative estimate of drug-likeness (QED) is 0.833. The van der Waals surface area contributed by atoms with E-state index in [4.69, 9.17) is 11.6 Å². The monoisotopic (exact) mass is 373 g/mol. The van der Waals surface area contributed by atoms with Gasteiger partial charge in [-0.05, 0) is 35.4 Å². The van der Waals surface area contributed by atoms with E-state index in [1.165, 1.54) is 4.90 Å². The Morgan fingerprint density at radius 2 is 1.85 bits per heavy atom. The number of benzene rings is 1. The average molecular weight is 374 g/mol. The lowest BCUT2D eigenvalue weighted by atomic mass is 10.1. The molecule has 0 saturated carbocycles. The van der Waals surface area contributed by atoms with Crippen molar-refractivity contribution in [3.05, 3.63) is 64.9 Å². The van der Waals surface area contributed by atoms with Crippen molar-refractivity contribution in [3.63, 3.8) is 0 Å². The van der Waals surface area contributed by atoms with Gasteiger partial charge in [0.1, 0.15) is 6.04 Å². The molecule has 2 aromatic rings. The number of nitrogens with one attached hydrogen (secondary N) is 1. The molecule has 1 aromatic carbocycles. The molecule has 1 fully saturated rings. The fourth-order valence-electron chi connectivity index (χ4n) is 3.02. The summed E-state index contributed by atoms with van der Waals surface area (Å²) in [4.78, 5) is 30.5. The van der Waals surface area contributed by atoms with E-state index in [1.54, 1.807) is 36.7 Å². The van der Waals surface area contributed by atoms with E-state index in [0.717, 1.165) is 11.1 Å². The van der Waals surface area contributed by atoms with E-state index in [9.17, 15) is 14.7 Å². The molecule has 3 rings (SSSR count). The summed E-state index contributed by atoms with van der Waals surface area (Å²) in [5.41, 5.74) is 1.74. The number of halogens is 1. The van der Waals surface area contributed by atoms with Crippen LogP contribution >= 0.6 is 11.6 Å². The van der Waals surface area contributed by atoms with Crippen LogP contribution in [0.3, 0.4) is 0 Å². The van der Waals surface area contributed by atoms with Crippen LogP contribution in [0.4, 0.5) is 0 Å². The van der Waals surface area contributed by atoms with Crippen LogP contribution in [-0.2, 0) is 22.6 Å². The minimum atomic E-state index is -0.692. The van der Waals surface area contributed by atoms with Gasteiger partial charge in [0.25, 0.3) is 0 Å². The number of aromatic nitrogens is 1.